The smallest absolute Gasteiger partial charge is 0.252 e. The Hall–Kier alpha value is -7.54. The molecule has 0 fully saturated rings. The second-order valence-electron chi connectivity index (χ2n) is 31.2. The van der Waals surface area contributed by atoms with Crippen molar-refractivity contribution in [2.75, 3.05) is 9.80 Å². The molecule has 0 unspecified atom stereocenters. The number of nitrogens with zero attached hydrogens (tertiary/aromatic N) is 4. The molecule has 3 aliphatic rings. The number of hydrogen-bond acceptors (Lipinski definition) is 3. The van der Waals surface area contributed by atoms with E-state index in [4.69, 9.17) is 0 Å². The van der Waals surface area contributed by atoms with Crippen LogP contribution >= 0.6 is 11.3 Å². The van der Waals surface area contributed by atoms with E-state index >= 15 is 0 Å². The summed E-state index contributed by atoms with van der Waals surface area (Å²) in [5.41, 5.74) is 26.5. The minimum Gasteiger partial charge on any atom is -0.310 e. The highest BCUT2D eigenvalue weighted by Crippen LogP contribution is 2.56. The van der Waals surface area contributed by atoms with E-state index in [9.17, 15) is 0 Å². The maximum absolute atomic E-state index is 2.75. The van der Waals surface area contributed by atoms with Crippen LogP contribution in [-0.4, -0.2) is 15.8 Å². The molecule has 420 valence electrons. The average molecular weight is 1120 g/mol. The van der Waals surface area contributed by atoms with E-state index in [1.165, 1.54) is 153 Å². The lowest BCUT2D eigenvalue weighted by molar-refractivity contribution is 0.589. The van der Waals surface area contributed by atoms with Crippen LogP contribution in [-0.2, 0) is 32.5 Å². The standard InChI is InChI=1S/C78H79BN4S/c1-73(2,3)44-26-31-59-53(34-44)54-35-45(74(4,5)6)27-32-60(54)80(59)50-29-30-57-63(43-50)81(62-24-21-23-52-51-22-19-20-25-68(51)84-72(52)62)64-39-49(78(16,17)18)40-65-69(64)79(57)58-38-48(77(13,14)15)42-67-71(58)83(65)66-41-47(76(10,11)12)37-56-55-36-46(75(7,8)9)28-33-61(55)82(67)70(56)66/h19-43H,1-18H3. The summed E-state index contributed by atoms with van der Waals surface area (Å²) in [6.45, 7) is 42.5. The summed E-state index contributed by atoms with van der Waals surface area (Å²) in [5, 5.41) is 7.84. The quantitative estimate of drug-likeness (QED) is 0.160. The molecule has 0 amide bonds. The van der Waals surface area contributed by atoms with Gasteiger partial charge in [-0.2, -0.15) is 0 Å². The first-order valence-corrected chi connectivity index (χ1v) is 31.5. The fourth-order valence-electron chi connectivity index (χ4n) is 14.4. The molecule has 0 atom stereocenters. The van der Waals surface area contributed by atoms with E-state index in [1.807, 2.05) is 11.3 Å². The van der Waals surface area contributed by atoms with Gasteiger partial charge in [-0.05, 0) is 173 Å². The molecule has 9 aromatic carbocycles. The van der Waals surface area contributed by atoms with Crippen LogP contribution in [0.25, 0.3) is 75.2 Å². The monoisotopic (exact) mass is 1110 g/mol. The Bertz CT molecular complexity index is 4790. The average Bonchev–Trinajstić information content (AvgIpc) is 1.12. The number of aromatic nitrogens is 2. The molecule has 0 aliphatic carbocycles. The number of rotatable bonds is 2. The number of fused-ring (bicyclic) bond motifs is 15. The maximum Gasteiger partial charge on any atom is 0.252 e. The second-order valence-corrected chi connectivity index (χ2v) is 32.3. The molecule has 0 spiro atoms. The van der Waals surface area contributed by atoms with Gasteiger partial charge < -0.3 is 18.9 Å². The van der Waals surface area contributed by atoms with Gasteiger partial charge in [0.1, 0.15) is 0 Å². The first-order chi connectivity index (χ1) is 39.4. The highest BCUT2D eigenvalue weighted by molar-refractivity contribution is 7.26. The van der Waals surface area contributed by atoms with Gasteiger partial charge in [-0.15, -0.1) is 11.3 Å². The molecule has 3 aliphatic heterocycles. The zero-order chi connectivity index (χ0) is 59.0. The second kappa shape index (κ2) is 17.1. The van der Waals surface area contributed by atoms with Gasteiger partial charge in [-0.1, -0.05) is 185 Å². The van der Waals surface area contributed by atoms with Gasteiger partial charge in [0.2, 0.25) is 0 Å². The minimum absolute atomic E-state index is 0.00536. The van der Waals surface area contributed by atoms with Gasteiger partial charge in [0.15, 0.2) is 0 Å². The Labute approximate surface area is 501 Å². The Kier molecular flexibility index (Phi) is 10.8. The van der Waals surface area contributed by atoms with Crippen molar-refractivity contribution in [1.82, 2.24) is 9.13 Å². The fourth-order valence-corrected chi connectivity index (χ4v) is 15.6. The number of thiophene rings is 1. The van der Waals surface area contributed by atoms with Gasteiger partial charge in [0, 0.05) is 59.8 Å². The minimum atomic E-state index is -0.185. The summed E-state index contributed by atoms with van der Waals surface area (Å²) in [6, 6.07) is 60.9. The third kappa shape index (κ3) is 7.63. The third-order valence-corrected chi connectivity index (χ3v) is 20.5. The van der Waals surface area contributed by atoms with E-state index in [1.54, 1.807) is 0 Å². The SMILES string of the molecule is CC(C)(C)c1cc2c3c(c1)N1c4c(cc(C(C)(C)C)cc4-n4c5ccc(C(C)(C)C)cc5c5cc(C(C)(C)C)cc1c54)B3c1ccc(-n3c4ccc(C(C)(C)C)cc4c4cc(C(C)(C)C)ccc43)cc1N2c1cccc2c1sc1ccccc12. The Morgan fingerprint density at radius 3 is 1.38 bits per heavy atom. The van der Waals surface area contributed by atoms with Crippen LogP contribution in [0.5, 0.6) is 0 Å². The van der Waals surface area contributed by atoms with Gasteiger partial charge in [0.05, 0.1) is 49.5 Å². The first-order valence-electron chi connectivity index (χ1n) is 30.7. The topological polar surface area (TPSA) is 16.3 Å². The zero-order valence-corrected chi connectivity index (χ0v) is 53.5. The van der Waals surface area contributed by atoms with Crippen LogP contribution in [0.3, 0.4) is 0 Å². The molecule has 84 heavy (non-hydrogen) atoms. The third-order valence-electron chi connectivity index (χ3n) is 19.3. The summed E-state index contributed by atoms with van der Waals surface area (Å²) in [4.78, 5) is 5.45. The van der Waals surface area contributed by atoms with E-state index in [0.29, 0.717) is 0 Å². The lowest BCUT2D eigenvalue weighted by atomic mass is 9.33. The van der Waals surface area contributed by atoms with Crippen molar-refractivity contribution in [2.24, 2.45) is 0 Å². The lowest BCUT2D eigenvalue weighted by Crippen LogP contribution is -2.62. The summed E-state index contributed by atoms with van der Waals surface area (Å²) >= 11 is 1.92. The molecular formula is C78H79BN4S. The predicted octanol–water partition coefficient (Wildman–Crippen LogP) is 20.4. The molecule has 3 aromatic heterocycles. The predicted molar refractivity (Wildman–Crippen MR) is 368 cm³/mol. The van der Waals surface area contributed by atoms with Crippen LogP contribution in [0.1, 0.15) is 158 Å². The van der Waals surface area contributed by atoms with Gasteiger partial charge in [-0.3, -0.25) is 0 Å². The van der Waals surface area contributed by atoms with Crippen molar-refractivity contribution >= 4 is 132 Å². The van der Waals surface area contributed by atoms with Gasteiger partial charge in [-0.25, -0.2) is 0 Å². The molecular weight excluding hydrogens is 1040 g/mol. The van der Waals surface area contributed by atoms with Crippen LogP contribution in [0, 0.1) is 0 Å². The van der Waals surface area contributed by atoms with Crippen molar-refractivity contribution in [2.45, 2.75) is 157 Å². The summed E-state index contributed by atoms with van der Waals surface area (Å²) in [7, 11) is 0. The van der Waals surface area contributed by atoms with Crippen LogP contribution in [0.15, 0.2) is 152 Å². The maximum atomic E-state index is 2.75. The molecule has 0 bridgehead atoms. The highest BCUT2D eigenvalue weighted by atomic mass is 32.1. The molecule has 15 rings (SSSR count). The summed E-state index contributed by atoms with van der Waals surface area (Å²) in [5.74, 6) is 0. The van der Waals surface area contributed by atoms with E-state index in [0.717, 1.165) is 5.69 Å². The molecule has 6 heterocycles. The van der Waals surface area contributed by atoms with Crippen LogP contribution < -0.4 is 26.2 Å². The molecule has 12 aromatic rings. The van der Waals surface area contributed by atoms with Crippen molar-refractivity contribution < 1.29 is 0 Å². The van der Waals surface area contributed by atoms with Crippen LogP contribution in [0.2, 0.25) is 0 Å². The molecule has 0 radical (unpaired) electrons. The Morgan fingerprint density at radius 2 is 0.798 bits per heavy atom. The molecule has 4 nitrogen and oxygen atoms in total. The first kappa shape index (κ1) is 53.2. The van der Waals surface area contributed by atoms with E-state index < -0.39 is 0 Å². The fraction of sp³-hybridized carbons (Fsp3) is 0.308. The molecule has 6 heteroatoms. The van der Waals surface area contributed by atoms with Crippen LogP contribution in [0.4, 0.5) is 34.1 Å². The van der Waals surface area contributed by atoms with Gasteiger partial charge in [0.25, 0.3) is 6.71 Å². The van der Waals surface area contributed by atoms with E-state index in [-0.39, 0.29) is 39.2 Å². The largest absolute Gasteiger partial charge is 0.310 e. The normalized spacial score (nSPS) is 14.5. The van der Waals surface area contributed by atoms with Crippen molar-refractivity contribution in [1.29, 1.82) is 0 Å². The summed E-state index contributed by atoms with van der Waals surface area (Å²) < 4.78 is 7.84. The van der Waals surface area contributed by atoms with Crippen molar-refractivity contribution in [3.05, 3.63) is 185 Å². The molecule has 0 saturated heterocycles. The Balaban J connectivity index is 1.11. The molecule has 0 N–H and O–H groups in total. The zero-order valence-electron chi connectivity index (χ0n) is 52.7. The molecule has 0 saturated carbocycles. The van der Waals surface area contributed by atoms with Gasteiger partial charge >= 0.3 is 0 Å². The summed E-state index contributed by atoms with van der Waals surface area (Å²) in [6.07, 6.45) is 0. The van der Waals surface area contributed by atoms with E-state index in [2.05, 4.69) is 295 Å². The number of hydrogen-bond donors (Lipinski definition) is 0. The number of anilines is 6. The van der Waals surface area contributed by atoms with Crippen molar-refractivity contribution in [3.63, 3.8) is 0 Å². The Morgan fingerprint density at radius 1 is 0.321 bits per heavy atom. The van der Waals surface area contributed by atoms with Crippen molar-refractivity contribution in [3.8, 4) is 11.4 Å². The number of benzene rings is 9. The highest BCUT2D eigenvalue weighted by Gasteiger charge is 2.48. The lowest BCUT2D eigenvalue weighted by Gasteiger charge is -2.47.